The van der Waals surface area contributed by atoms with Crippen LogP contribution in [0.3, 0.4) is 0 Å². The minimum atomic E-state index is -1.22. The quantitative estimate of drug-likeness (QED) is 0.450. The molecule has 1 aromatic rings. The zero-order valence-corrected chi connectivity index (χ0v) is 15.9. The second-order valence-corrected chi connectivity index (χ2v) is 6.38. The van der Waals surface area contributed by atoms with E-state index in [4.69, 9.17) is 9.47 Å². The number of hydrogen-bond acceptors (Lipinski definition) is 7. The fourth-order valence-corrected chi connectivity index (χ4v) is 3.11. The number of alkyl halides is 1. The van der Waals surface area contributed by atoms with E-state index in [2.05, 4.69) is 5.32 Å². The maximum Gasteiger partial charge on any atom is 0.337 e. The van der Waals surface area contributed by atoms with E-state index in [-0.39, 0.29) is 33.8 Å². The molecule has 2 rings (SSSR count). The first-order chi connectivity index (χ1) is 13.2. The molecule has 0 saturated carbocycles. The van der Waals surface area contributed by atoms with Gasteiger partial charge in [-0.15, -0.1) is 0 Å². The Hall–Kier alpha value is -3.23. The number of hydrogen-bond donors (Lipinski definition) is 1. The summed E-state index contributed by atoms with van der Waals surface area (Å²) >= 11 is 0. The van der Waals surface area contributed by atoms with Crippen LogP contribution in [0.2, 0.25) is 0 Å². The maximum atomic E-state index is 13.7. The van der Waals surface area contributed by atoms with Crippen LogP contribution in [0.25, 0.3) is 0 Å². The molecule has 1 heterocycles. The van der Waals surface area contributed by atoms with Gasteiger partial charge in [0.2, 0.25) is 0 Å². The third kappa shape index (κ3) is 4.03. The third-order valence-electron chi connectivity index (χ3n) is 4.19. The van der Waals surface area contributed by atoms with E-state index in [9.17, 15) is 24.1 Å². The second-order valence-electron chi connectivity index (χ2n) is 6.38. The highest BCUT2D eigenvalue weighted by Gasteiger charge is 2.41. The van der Waals surface area contributed by atoms with Gasteiger partial charge in [-0.05, 0) is 20.8 Å². The maximum absolute atomic E-state index is 13.7. The SMILES string of the molecule is COC(=O)C1=C(CF)NC(C)=C(C(=O)OC(C)C)C1c1ccccc1[N+](=O)[O-]. The van der Waals surface area contributed by atoms with Gasteiger partial charge < -0.3 is 14.8 Å². The van der Waals surface area contributed by atoms with Crippen molar-refractivity contribution in [2.24, 2.45) is 0 Å². The Morgan fingerprint density at radius 2 is 1.89 bits per heavy atom. The van der Waals surface area contributed by atoms with Crippen molar-refractivity contribution in [3.05, 3.63) is 62.5 Å². The first-order valence-electron chi connectivity index (χ1n) is 8.52. The number of nitro groups is 1. The van der Waals surface area contributed by atoms with E-state index < -0.39 is 35.6 Å². The summed E-state index contributed by atoms with van der Waals surface area (Å²) < 4.78 is 23.7. The Bertz CT molecular complexity index is 875. The molecular formula is C19H21FN2O6. The number of methoxy groups -OCH3 is 1. The smallest absolute Gasteiger partial charge is 0.337 e. The summed E-state index contributed by atoms with van der Waals surface area (Å²) in [6.07, 6.45) is -0.465. The molecule has 1 aliphatic rings. The molecule has 150 valence electrons. The van der Waals surface area contributed by atoms with Crippen molar-refractivity contribution in [1.29, 1.82) is 0 Å². The van der Waals surface area contributed by atoms with Gasteiger partial charge in [-0.2, -0.15) is 0 Å². The number of benzene rings is 1. The highest BCUT2D eigenvalue weighted by molar-refractivity contribution is 6.00. The van der Waals surface area contributed by atoms with Crippen LogP contribution in [0.15, 0.2) is 46.8 Å². The predicted molar refractivity (Wildman–Crippen MR) is 97.9 cm³/mol. The zero-order valence-electron chi connectivity index (χ0n) is 15.9. The van der Waals surface area contributed by atoms with Gasteiger partial charge in [0, 0.05) is 17.3 Å². The van der Waals surface area contributed by atoms with Crippen LogP contribution >= 0.6 is 0 Å². The van der Waals surface area contributed by atoms with Gasteiger partial charge in [0.05, 0.1) is 40.9 Å². The van der Waals surface area contributed by atoms with Crippen molar-refractivity contribution in [3.8, 4) is 0 Å². The van der Waals surface area contributed by atoms with Crippen LogP contribution in [0.1, 0.15) is 32.3 Å². The molecule has 9 heteroatoms. The summed E-state index contributed by atoms with van der Waals surface area (Å²) in [5.41, 5.74) is -0.337. The van der Waals surface area contributed by atoms with Gasteiger partial charge >= 0.3 is 11.9 Å². The normalized spacial score (nSPS) is 16.7. The van der Waals surface area contributed by atoms with E-state index in [0.29, 0.717) is 0 Å². The topological polar surface area (TPSA) is 108 Å². The van der Waals surface area contributed by atoms with Crippen LogP contribution in [0.4, 0.5) is 10.1 Å². The summed E-state index contributed by atoms with van der Waals surface area (Å²) in [5, 5.41) is 14.2. The first kappa shape index (κ1) is 21.1. The molecule has 0 aromatic heterocycles. The summed E-state index contributed by atoms with van der Waals surface area (Å²) in [4.78, 5) is 36.2. The molecule has 1 N–H and O–H groups in total. The lowest BCUT2D eigenvalue weighted by Gasteiger charge is -2.30. The molecule has 0 spiro atoms. The van der Waals surface area contributed by atoms with Crippen LogP contribution < -0.4 is 5.32 Å². The lowest BCUT2D eigenvalue weighted by molar-refractivity contribution is -0.385. The molecule has 0 saturated heterocycles. The van der Waals surface area contributed by atoms with Crippen molar-refractivity contribution in [1.82, 2.24) is 5.32 Å². The molecule has 1 atom stereocenters. The number of dihydropyridines is 1. The highest BCUT2D eigenvalue weighted by atomic mass is 19.1. The van der Waals surface area contributed by atoms with E-state index >= 15 is 0 Å². The molecule has 28 heavy (non-hydrogen) atoms. The van der Waals surface area contributed by atoms with Gasteiger partial charge in [-0.25, -0.2) is 14.0 Å². The number of halogens is 1. The number of carbonyl (C=O) groups is 2. The molecule has 0 aliphatic carbocycles. The van der Waals surface area contributed by atoms with Gasteiger partial charge in [-0.1, -0.05) is 18.2 Å². The average molecular weight is 392 g/mol. The number of nitrogens with zero attached hydrogens (tertiary/aromatic N) is 1. The van der Waals surface area contributed by atoms with E-state index in [1.165, 1.54) is 31.2 Å². The van der Waals surface area contributed by atoms with Crippen molar-refractivity contribution in [2.45, 2.75) is 32.8 Å². The average Bonchev–Trinajstić information content (AvgIpc) is 2.65. The first-order valence-corrected chi connectivity index (χ1v) is 8.52. The molecule has 1 unspecified atom stereocenters. The number of esters is 2. The molecule has 0 fully saturated rings. The number of para-hydroxylation sites is 1. The lowest BCUT2D eigenvalue weighted by atomic mass is 9.79. The van der Waals surface area contributed by atoms with Crippen molar-refractivity contribution >= 4 is 17.6 Å². The minimum absolute atomic E-state index is 0.0133. The number of allylic oxidation sites excluding steroid dienone is 2. The molecule has 1 aromatic carbocycles. The van der Waals surface area contributed by atoms with Crippen LogP contribution in [0, 0.1) is 10.1 Å². The molecule has 8 nitrogen and oxygen atoms in total. The number of nitrogens with one attached hydrogen (secondary N) is 1. The Morgan fingerprint density at radius 1 is 1.25 bits per heavy atom. The van der Waals surface area contributed by atoms with E-state index in [0.717, 1.165) is 7.11 Å². The highest BCUT2D eigenvalue weighted by Crippen LogP contribution is 2.42. The van der Waals surface area contributed by atoms with E-state index in [1.54, 1.807) is 13.8 Å². The molecule has 0 bridgehead atoms. The largest absolute Gasteiger partial charge is 0.466 e. The van der Waals surface area contributed by atoms with Crippen molar-refractivity contribution < 1.29 is 28.4 Å². The number of ether oxygens (including phenoxy) is 2. The summed E-state index contributed by atoms with van der Waals surface area (Å²) in [6, 6.07) is 5.67. The predicted octanol–water partition coefficient (Wildman–Crippen LogP) is 2.90. The van der Waals surface area contributed by atoms with Crippen molar-refractivity contribution in [3.63, 3.8) is 0 Å². The zero-order chi connectivity index (χ0) is 21.0. The van der Waals surface area contributed by atoms with Crippen LogP contribution in [-0.4, -0.2) is 36.8 Å². The molecule has 0 radical (unpaired) electrons. The van der Waals surface area contributed by atoms with E-state index in [1.807, 2.05) is 0 Å². The Balaban J connectivity index is 2.80. The number of rotatable bonds is 6. The molecular weight excluding hydrogens is 371 g/mol. The van der Waals surface area contributed by atoms with Gasteiger partial charge in [0.15, 0.2) is 0 Å². The number of carbonyl (C=O) groups excluding carboxylic acids is 2. The van der Waals surface area contributed by atoms with Crippen molar-refractivity contribution in [2.75, 3.05) is 13.8 Å². The Labute approximate surface area is 161 Å². The second kappa shape index (κ2) is 8.64. The Morgan fingerprint density at radius 3 is 2.43 bits per heavy atom. The van der Waals surface area contributed by atoms with Crippen LogP contribution in [-0.2, 0) is 19.1 Å². The van der Waals surface area contributed by atoms with Crippen LogP contribution in [0.5, 0.6) is 0 Å². The standard InChI is InChI=1S/C19H21FN2O6/c1-10(2)28-19(24)15-11(3)21-13(9-20)17(18(23)27-4)16(15)12-7-5-6-8-14(12)22(25)26/h5-8,10,16,21H,9H2,1-4H3. The Kier molecular flexibility index (Phi) is 6.50. The summed E-state index contributed by atoms with van der Waals surface area (Å²) in [5.74, 6) is -2.87. The molecule has 0 amide bonds. The monoisotopic (exact) mass is 392 g/mol. The minimum Gasteiger partial charge on any atom is -0.466 e. The fourth-order valence-electron chi connectivity index (χ4n) is 3.11. The van der Waals surface area contributed by atoms with Gasteiger partial charge in [-0.3, -0.25) is 10.1 Å². The third-order valence-corrected chi connectivity index (χ3v) is 4.19. The van der Waals surface area contributed by atoms with Gasteiger partial charge in [0.25, 0.3) is 5.69 Å². The number of nitro benzene ring substituents is 1. The lowest BCUT2D eigenvalue weighted by Crippen LogP contribution is -2.34. The summed E-state index contributed by atoms with van der Waals surface area (Å²) in [6.45, 7) is 3.76. The summed E-state index contributed by atoms with van der Waals surface area (Å²) in [7, 11) is 1.11. The van der Waals surface area contributed by atoms with Gasteiger partial charge in [0.1, 0.15) is 6.67 Å². The molecule has 1 aliphatic heterocycles. The fraction of sp³-hybridized carbons (Fsp3) is 0.368.